The molecule has 1 aromatic carbocycles. The maximum Gasteiger partial charge on any atom is 0.263 e. The molecule has 0 aliphatic carbocycles. The summed E-state index contributed by atoms with van der Waals surface area (Å²) in [5.74, 6) is 0.0774. The van der Waals surface area contributed by atoms with Crippen LogP contribution in [0.15, 0.2) is 41.4 Å². The van der Waals surface area contributed by atoms with Gasteiger partial charge in [-0.1, -0.05) is 11.6 Å². The highest BCUT2D eigenvalue weighted by Crippen LogP contribution is 2.23. The Labute approximate surface area is 115 Å². The number of halogens is 1. The standard InChI is InChI=1S/C12H11ClN2O3S/c1-8-6-9(16)2-4-11(8)15-19(17,18)10-3-5-12(13)14-7-10/h2-7,15-16H,1H3. The van der Waals surface area contributed by atoms with Crippen LogP contribution in [0.5, 0.6) is 5.75 Å². The number of nitrogens with one attached hydrogen (secondary N) is 1. The van der Waals surface area contributed by atoms with E-state index >= 15 is 0 Å². The summed E-state index contributed by atoms with van der Waals surface area (Å²) in [5.41, 5.74) is 1.01. The van der Waals surface area contributed by atoms with Gasteiger partial charge in [-0.15, -0.1) is 0 Å². The van der Waals surface area contributed by atoms with Crippen LogP contribution in [0, 0.1) is 6.92 Å². The maximum absolute atomic E-state index is 12.1. The fourth-order valence-corrected chi connectivity index (χ4v) is 2.67. The second-order valence-corrected chi connectivity index (χ2v) is 5.99. The molecule has 2 N–H and O–H groups in total. The lowest BCUT2D eigenvalue weighted by molar-refractivity contribution is 0.475. The fourth-order valence-electron chi connectivity index (χ4n) is 1.49. The molecule has 0 spiro atoms. The molecule has 0 radical (unpaired) electrons. The Kier molecular flexibility index (Phi) is 3.64. The molecule has 0 fully saturated rings. The summed E-state index contributed by atoms with van der Waals surface area (Å²) in [5, 5.41) is 9.50. The van der Waals surface area contributed by atoms with Gasteiger partial charge in [0.2, 0.25) is 0 Å². The van der Waals surface area contributed by atoms with Gasteiger partial charge in [0, 0.05) is 6.20 Å². The van der Waals surface area contributed by atoms with E-state index in [2.05, 4.69) is 9.71 Å². The molecule has 0 atom stereocenters. The third-order valence-corrected chi connectivity index (χ3v) is 4.04. The van der Waals surface area contributed by atoms with Crippen LogP contribution in [0.1, 0.15) is 5.56 Å². The number of anilines is 1. The van der Waals surface area contributed by atoms with Crippen molar-refractivity contribution < 1.29 is 13.5 Å². The number of rotatable bonds is 3. The van der Waals surface area contributed by atoms with Crippen LogP contribution in [-0.4, -0.2) is 18.5 Å². The van der Waals surface area contributed by atoms with Gasteiger partial charge in [-0.2, -0.15) is 0 Å². The van der Waals surface area contributed by atoms with E-state index in [1.807, 2.05) is 0 Å². The lowest BCUT2D eigenvalue weighted by atomic mass is 10.2. The minimum Gasteiger partial charge on any atom is -0.508 e. The molecule has 2 rings (SSSR count). The van der Waals surface area contributed by atoms with E-state index in [0.717, 1.165) is 0 Å². The van der Waals surface area contributed by atoms with Crippen LogP contribution >= 0.6 is 11.6 Å². The normalized spacial score (nSPS) is 11.3. The van der Waals surface area contributed by atoms with E-state index in [0.29, 0.717) is 11.3 Å². The molecule has 2 aromatic rings. The fraction of sp³-hybridized carbons (Fsp3) is 0.0833. The molecular formula is C12H11ClN2O3S. The smallest absolute Gasteiger partial charge is 0.263 e. The van der Waals surface area contributed by atoms with Crippen molar-refractivity contribution in [3.8, 4) is 5.75 Å². The number of benzene rings is 1. The largest absolute Gasteiger partial charge is 0.508 e. The van der Waals surface area contributed by atoms with E-state index in [1.54, 1.807) is 6.92 Å². The van der Waals surface area contributed by atoms with Crippen molar-refractivity contribution in [1.82, 2.24) is 4.98 Å². The lowest BCUT2D eigenvalue weighted by Crippen LogP contribution is -2.13. The van der Waals surface area contributed by atoms with Gasteiger partial charge in [-0.3, -0.25) is 4.72 Å². The lowest BCUT2D eigenvalue weighted by Gasteiger charge is -2.10. The van der Waals surface area contributed by atoms with Crippen molar-refractivity contribution in [3.63, 3.8) is 0 Å². The first-order valence-electron chi connectivity index (χ1n) is 5.32. The van der Waals surface area contributed by atoms with E-state index < -0.39 is 10.0 Å². The van der Waals surface area contributed by atoms with E-state index in [4.69, 9.17) is 11.6 Å². The van der Waals surface area contributed by atoms with Crippen LogP contribution in [-0.2, 0) is 10.0 Å². The highest BCUT2D eigenvalue weighted by Gasteiger charge is 2.15. The molecule has 7 heteroatoms. The molecule has 0 unspecified atom stereocenters. The Morgan fingerprint density at radius 3 is 2.58 bits per heavy atom. The van der Waals surface area contributed by atoms with Crippen molar-refractivity contribution in [2.24, 2.45) is 0 Å². The van der Waals surface area contributed by atoms with Crippen molar-refractivity contribution >= 4 is 27.3 Å². The first kappa shape index (κ1) is 13.6. The molecule has 0 aliphatic heterocycles. The first-order valence-corrected chi connectivity index (χ1v) is 7.18. The van der Waals surface area contributed by atoms with Crippen molar-refractivity contribution in [1.29, 1.82) is 0 Å². The second-order valence-electron chi connectivity index (χ2n) is 3.92. The molecule has 19 heavy (non-hydrogen) atoms. The third-order valence-electron chi connectivity index (χ3n) is 2.46. The molecule has 0 amide bonds. The number of hydrogen-bond acceptors (Lipinski definition) is 4. The van der Waals surface area contributed by atoms with Crippen LogP contribution in [0.4, 0.5) is 5.69 Å². The highest BCUT2D eigenvalue weighted by molar-refractivity contribution is 7.92. The Balaban J connectivity index is 2.33. The summed E-state index contributed by atoms with van der Waals surface area (Å²) in [6, 6.07) is 7.14. The number of aromatic hydroxyl groups is 1. The Morgan fingerprint density at radius 2 is 2.00 bits per heavy atom. The Hall–Kier alpha value is -1.79. The summed E-state index contributed by atoms with van der Waals surface area (Å²) < 4.78 is 26.6. The highest BCUT2D eigenvalue weighted by atomic mass is 35.5. The van der Waals surface area contributed by atoms with Gasteiger partial charge in [0.05, 0.1) is 5.69 Å². The zero-order chi connectivity index (χ0) is 14.0. The number of phenols is 1. The van der Waals surface area contributed by atoms with Crippen molar-refractivity contribution in [2.75, 3.05) is 4.72 Å². The number of pyridine rings is 1. The first-order chi connectivity index (χ1) is 8.88. The monoisotopic (exact) mass is 298 g/mol. The third kappa shape index (κ3) is 3.15. The summed E-state index contributed by atoms with van der Waals surface area (Å²) >= 11 is 5.61. The Morgan fingerprint density at radius 1 is 1.26 bits per heavy atom. The predicted molar refractivity (Wildman–Crippen MR) is 72.9 cm³/mol. The van der Waals surface area contributed by atoms with Gasteiger partial charge < -0.3 is 5.11 Å². The predicted octanol–water partition coefficient (Wildman–Crippen LogP) is 2.55. The number of nitrogens with zero attached hydrogens (tertiary/aromatic N) is 1. The van der Waals surface area contributed by atoms with Gasteiger partial charge in [0.25, 0.3) is 10.0 Å². The maximum atomic E-state index is 12.1. The average molecular weight is 299 g/mol. The average Bonchev–Trinajstić information content (AvgIpc) is 2.33. The van der Waals surface area contributed by atoms with Crippen molar-refractivity contribution in [3.05, 3.63) is 47.2 Å². The van der Waals surface area contributed by atoms with E-state index in [1.165, 1.54) is 36.5 Å². The molecule has 1 heterocycles. The Bertz CT molecular complexity index is 699. The summed E-state index contributed by atoms with van der Waals surface area (Å²) in [6.07, 6.45) is 1.18. The van der Waals surface area contributed by atoms with Crippen LogP contribution < -0.4 is 4.72 Å². The van der Waals surface area contributed by atoms with Crippen LogP contribution in [0.2, 0.25) is 5.15 Å². The van der Waals surface area contributed by atoms with Crippen LogP contribution in [0.3, 0.4) is 0 Å². The zero-order valence-corrected chi connectivity index (χ0v) is 11.5. The molecule has 0 saturated heterocycles. The van der Waals surface area contributed by atoms with Gasteiger partial charge in [0.15, 0.2) is 0 Å². The van der Waals surface area contributed by atoms with Crippen LogP contribution in [0.25, 0.3) is 0 Å². The molecule has 0 bridgehead atoms. The minimum atomic E-state index is -3.72. The number of sulfonamides is 1. The summed E-state index contributed by atoms with van der Waals surface area (Å²) in [7, 11) is -3.72. The molecule has 0 aliphatic rings. The topological polar surface area (TPSA) is 79.3 Å². The van der Waals surface area contributed by atoms with Gasteiger partial charge in [-0.25, -0.2) is 13.4 Å². The SMILES string of the molecule is Cc1cc(O)ccc1NS(=O)(=O)c1ccc(Cl)nc1. The number of aryl methyl sites for hydroxylation is 1. The molecule has 0 saturated carbocycles. The molecule has 100 valence electrons. The number of phenolic OH excluding ortho intramolecular Hbond substituents is 1. The minimum absolute atomic E-state index is 0.0179. The summed E-state index contributed by atoms with van der Waals surface area (Å²) in [4.78, 5) is 3.75. The van der Waals surface area contributed by atoms with Gasteiger partial charge >= 0.3 is 0 Å². The number of hydrogen-bond donors (Lipinski definition) is 2. The van der Waals surface area contributed by atoms with Gasteiger partial charge in [-0.05, 0) is 42.8 Å². The molecule has 1 aromatic heterocycles. The van der Waals surface area contributed by atoms with Gasteiger partial charge in [0.1, 0.15) is 15.8 Å². The quantitative estimate of drug-likeness (QED) is 0.674. The van der Waals surface area contributed by atoms with E-state index in [-0.39, 0.29) is 15.8 Å². The second kappa shape index (κ2) is 5.07. The zero-order valence-electron chi connectivity index (χ0n) is 9.96. The summed E-state index contributed by atoms with van der Waals surface area (Å²) in [6.45, 7) is 1.69. The molecular weight excluding hydrogens is 288 g/mol. The molecule has 5 nitrogen and oxygen atoms in total. The number of aromatic nitrogens is 1. The van der Waals surface area contributed by atoms with Crippen molar-refractivity contribution in [2.45, 2.75) is 11.8 Å². The van der Waals surface area contributed by atoms with E-state index in [9.17, 15) is 13.5 Å².